The van der Waals surface area contributed by atoms with Crippen molar-refractivity contribution in [1.82, 2.24) is 5.32 Å². The number of carbonyl (C=O) groups excluding carboxylic acids is 1. The van der Waals surface area contributed by atoms with Gasteiger partial charge in [0.1, 0.15) is 0 Å². The summed E-state index contributed by atoms with van der Waals surface area (Å²) in [7, 11) is 0. The molecule has 1 atom stereocenters. The van der Waals surface area contributed by atoms with Crippen LogP contribution < -0.4 is 5.32 Å². The van der Waals surface area contributed by atoms with Crippen LogP contribution in [-0.4, -0.2) is 23.7 Å². The lowest BCUT2D eigenvalue weighted by Gasteiger charge is -2.11. The third-order valence-corrected chi connectivity index (χ3v) is 3.38. The Morgan fingerprint density at radius 2 is 2.33 bits per heavy atom. The summed E-state index contributed by atoms with van der Waals surface area (Å²) in [6.45, 7) is 4.18. The van der Waals surface area contributed by atoms with Gasteiger partial charge >= 0.3 is 0 Å². The van der Waals surface area contributed by atoms with Gasteiger partial charge in [0.05, 0.1) is 16.4 Å². The number of carbonyl (C=O) groups is 1. The molecule has 0 spiro atoms. The molecule has 0 aliphatic rings. The van der Waals surface area contributed by atoms with Crippen molar-refractivity contribution in [3.05, 3.63) is 21.9 Å². The first-order valence-electron chi connectivity index (χ1n) is 6.17. The Hall–Kier alpha value is -1.31. The second-order valence-electron chi connectivity index (χ2n) is 4.10. The number of aliphatic hydroxyl groups is 1. The molecule has 1 amide bonds. The molecule has 0 bridgehead atoms. The van der Waals surface area contributed by atoms with Crippen molar-refractivity contribution in [2.45, 2.75) is 39.2 Å². The number of rotatable bonds is 5. The lowest BCUT2D eigenvalue weighted by Crippen LogP contribution is -2.31. The largest absolute Gasteiger partial charge is 0.395 e. The number of hydrogen-bond donors (Lipinski definition) is 2. The number of hydrogen-bond acceptors (Lipinski definition) is 3. The minimum atomic E-state index is -0.0313. The molecule has 0 saturated heterocycles. The summed E-state index contributed by atoms with van der Waals surface area (Å²) in [6, 6.07) is 3.84. The fraction of sp³-hybridized carbons (Fsp3) is 0.500. The van der Waals surface area contributed by atoms with E-state index < -0.39 is 0 Å². The molecular formula is C14H19NO2S. The highest BCUT2D eigenvalue weighted by Gasteiger charge is 2.11. The van der Waals surface area contributed by atoms with Crippen LogP contribution in [0, 0.1) is 11.8 Å². The highest BCUT2D eigenvalue weighted by Crippen LogP contribution is 2.15. The molecule has 18 heavy (non-hydrogen) atoms. The van der Waals surface area contributed by atoms with E-state index in [0.717, 1.165) is 17.7 Å². The molecule has 1 unspecified atom stereocenters. The highest BCUT2D eigenvalue weighted by atomic mass is 32.1. The van der Waals surface area contributed by atoms with E-state index in [-0.39, 0.29) is 18.6 Å². The average molecular weight is 265 g/mol. The van der Waals surface area contributed by atoms with E-state index in [1.807, 2.05) is 13.0 Å². The van der Waals surface area contributed by atoms with Crippen LogP contribution in [0.1, 0.15) is 47.7 Å². The summed E-state index contributed by atoms with van der Waals surface area (Å²) in [5.41, 5.74) is 0. The van der Waals surface area contributed by atoms with Gasteiger partial charge in [-0.2, -0.15) is 0 Å². The third-order valence-electron chi connectivity index (χ3n) is 2.38. The molecule has 1 rings (SSSR count). The minimum Gasteiger partial charge on any atom is -0.395 e. The Kier molecular flexibility index (Phi) is 6.48. The maximum atomic E-state index is 11.9. The first-order valence-corrected chi connectivity index (χ1v) is 6.99. The van der Waals surface area contributed by atoms with Crippen LogP contribution in [-0.2, 0) is 0 Å². The zero-order chi connectivity index (χ0) is 13.4. The van der Waals surface area contributed by atoms with Crippen molar-refractivity contribution < 1.29 is 9.90 Å². The molecule has 0 aliphatic carbocycles. The minimum absolute atomic E-state index is 0.0313. The fourth-order valence-electron chi connectivity index (χ4n) is 1.53. The molecule has 98 valence electrons. The van der Waals surface area contributed by atoms with Crippen LogP contribution in [0.5, 0.6) is 0 Å². The quantitative estimate of drug-likeness (QED) is 0.803. The zero-order valence-electron chi connectivity index (χ0n) is 10.8. The molecule has 0 radical (unpaired) electrons. The van der Waals surface area contributed by atoms with Gasteiger partial charge in [-0.3, -0.25) is 4.79 Å². The van der Waals surface area contributed by atoms with Crippen molar-refractivity contribution in [3.63, 3.8) is 0 Å². The van der Waals surface area contributed by atoms with Gasteiger partial charge in [-0.15, -0.1) is 11.3 Å². The first kappa shape index (κ1) is 14.7. The predicted molar refractivity (Wildman–Crippen MR) is 74.7 cm³/mol. The zero-order valence-corrected chi connectivity index (χ0v) is 11.6. The Labute approximate surface area is 112 Å². The van der Waals surface area contributed by atoms with E-state index in [0.29, 0.717) is 11.3 Å². The highest BCUT2D eigenvalue weighted by molar-refractivity contribution is 7.14. The van der Waals surface area contributed by atoms with Crippen molar-refractivity contribution in [3.8, 4) is 11.8 Å². The van der Waals surface area contributed by atoms with Gasteiger partial charge in [-0.25, -0.2) is 0 Å². The molecule has 4 heteroatoms. The molecular weight excluding hydrogens is 246 g/mol. The van der Waals surface area contributed by atoms with Crippen LogP contribution >= 0.6 is 11.3 Å². The lowest BCUT2D eigenvalue weighted by atomic mass is 10.2. The molecule has 3 nitrogen and oxygen atoms in total. The van der Waals surface area contributed by atoms with Crippen LogP contribution in [0.2, 0.25) is 0 Å². The number of nitrogens with one attached hydrogen (secondary N) is 1. The van der Waals surface area contributed by atoms with Gasteiger partial charge in [0.2, 0.25) is 0 Å². The normalized spacial score (nSPS) is 11.5. The second-order valence-corrected chi connectivity index (χ2v) is 5.19. The third kappa shape index (κ3) is 4.91. The van der Waals surface area contributed by atoms with Gasteiger partial charge in [-0.1, -0.05) is 25.2 Å². The Bertz CT molecular complexity index is 442. The first-order chi connectivity index (χ1) is 8.67. The van der Waals surface area contributed by atoms with Gasteiger partial charge in [0, 0.05) is 12.5 Å². The summed E-state index contributed by atoms with van der Waals surface area (Å²) >= 11 is 1.38. The molecule has 2 N–H and O–H groups in total. The van der Waals surface area contributed by atoms with Crippen molar-refractivity contribution >= 4 is 17.2 Å². The summed E-state index contributed by atoms with van der Waals surface area (Å²) in [4.78, 5) is 13.4. The van der Waals surface area contributed by atoms with Crippen LogP contribution in [0.3, 0.4) is 0 Å². The molecule has 0 saturated carbocycles. The summed E-state index contributed by atoms with van der Waals surface area (Å²) in [6.07, 6.45) is 2.51. The smallest absolute Gasteiger partial charge is 0.261 e. The standard InChI is InChI=1S/C14H19NO2S/c1-3-6-11(2)15-14(17)13-9-8-12(18-13)7-4-5-10-16/h8-9,11,16H,3,5-6,10H2,1-2H3,(H,15,17). The Morgan fingerprint density at radius 1 is 1.56 bits per heavy atom. The van der Waals surface area contributed by atoms with E-state index in [9.17, 15) is 4.79 Å². The number of thiophene rings is 1. The van der Waals surface area contributed by atoms with Crippen molar-refractivity contribution in [1.29, 1.82) is 0 Å². The Morgan fingerprint density at radius 3 is 3.00 bits per heavy atom. The van der Waals surface area contributed by atoms with E-state index in [1.165, 1.54) is 11.3 Å². The topological polar surface area (TPSA) is 49.3 Å². The van der Waals surface area contributed by atoms with Gasteiger partial charge < -0.3 is 10.4 Å². The SMILES string of the molecule is CCCC(C)NC(=O)c1ccc(C#CCCO)s1. The molecule has 0 aromatic carbocycles. The fourth-order valence-corrected chi connectivity index (χ4v) is 2.32. The lowest BCUT2D eigenvalue weighted by molar-refractivity contribution is 0.0942. The van der Waals surface area contributed by atoms with Crippen molar-refractivity contribution in [2.75, 3.05) is 6.61 Å². The van der Waals surface area contributed by atoms with E-state index in [1.54, 1.807) is 6.07 Å². The maximum absolute atomic E-state index is 11.9. The summed E-state index contributed by atoms with van der Waals surface area (Å²) < 4.78 is 0. The monoisotopic (exact) mass is 265 g/mol. The van der Waals surface area contributed by atoms with Crippen molar-refractivity contribution in [2.24, 2.45) is 0 Å². The number of amides is 1. The van der Waals surface area contributed by atoms with E-state index in [2.05, 4.69) is 24.1 Å². The van der Waals surface area contributed by atoms with Gasteiger partial charge in [0.15, 0.2) is 0 Å². The van der Waals surface area contributed by atoms with Crippen LogP contribution in [0.15, 0.2) is 12.1 Å². The maximum Gasteiger partial charge on any atom is 0.261 e. The summed E-state index contributed by atoms with van der Waals surface area (Å²) in [5, 5.41) is 11.6. The number of aliphatic hydroxyl groups excluding tert-OH is 1. The van der Waals surface area contributed by atoms with Gasteiger partial charge in [0.25, 0.3) is 5.91 Å². The molecule has 1 heterocycles. The Balaban J connectivity index is 2.57. The van der Waals surface area contributed by atoms with E-state index >= 15 is 0 Å². The summed E-state index contributed by atoms with van der Waals surface area (Å²) in [5.74, 6) is 5.74. The second kappa shape index (κ2) is 7.91. The predicted octanol–water partition coefficient (Wildman–Crippen LogP) is 2.40. The average Bonchev–Trinajstić information content (AvgIpc) is 2.78. The molecule has 0 aliphatic heterocycles. The van der Waals surface area contributed by atoms with Crippen LogP contribution in [0.25, 0.3) is 0 Å². The van der Waals surface area contributed by atoms with Crippen LogP contribution in [0.4, 0.5) is 0 Å². The molecule has 1 aromatic rings. The molecule has 0 fully saturated rings. The van der Waals surface area contributed by atoms with Gasteiger partial charge in [-0.05, 0) is 25.5 Å². The molecule has 1 aromatic heterocycles. The van der Waals surface area contributed by atoms with E-state index in [4.69, 9.17) is 5.11 Å².